The van der Waals surface area contributed by atoms with Crippen LogP contribution >= 0.6 is 11.6 Å². The molecule has 0 aliphatic carbocycles. The molecule has 2 nitrogen and oxygen atoms in total. The van der Waals surface area contributed by atoms with Gasteiger partial charge in [0.25, 0.3) is 0 Å². The Morgan fingerprint density at radius 1 is 1.11 bits per heavy atom. The van der Waals surface area contributed by atoms with E-state index in [1.54, 1.807) is 12.1 Å². The van der Waals surface area contributed by atoms with Gasteiger partial charge in [-0.2, -0.15) is 0 Å². The van der Waals surface area contributed by atoms with Gasteiger partial charge in [-0.15, -0.1) is 0 Å². The Kier molecular flexibility index (Phi) is 4.37. The molecule has 0 spiro atoms. The second kappa shape index (κ2) is 6.21. The highest BCUT2D eigenvalue weighted by Crippen LogP contribution is 2.22. The van der Waals surface area contributed by atoms with Crippen molar-refractivity contribution in [3.8, 4) is 0 Å². The second-order valence-corrected chi connectivity index (χ2v) is 4.55. The third kappa shape index (κ3) is 3.70. The molecule has 0 saturated carbocycles. The van der Waals surface area contributed by atoms with Crippen molar-refractivity contribution in [3.63, 3.8) is 0 Å². The van der Waals surface area contributed by atoms with Crippen molar-refractivity contribution < 1.29 is 4.79 Å². The molecule has 96 valence electrons. The Balaban J connectivity index is 2.06. The summed E-state index contributed by atoms with van der Waals surface area (Å²) in [6.07, 6.45) is 3.28. The number of rotatable bonds is 3. The third-order valence-corrected chi connectivity index (χ3v) is 3.16. The average molecular weight is 272 g/mol. The lowest BCUT2D eigenvalue weighted by Crippen LogP contribution is -2.08. The fourth-order valence-corrected chi connectivity index (χ4v) is 1.83. The van der Waals surface area contributed by atoms with Crippen LogP contribution in [-0.4, -0.2) is 5.91 Å². The smallest absolute Gasteiger partial charge is 0.248 e. The molecule has 3 heteroatoms. The number of hydrogen-bond donors (Lipinski definition) is 1. The van der Waals surface area contributed by atoms with E-state index in [1.165, 1.54) is 6.08 Å². The summed E-state index contributed by atoms with van der Waals surface area (Å²) in [6.45, 7) is 1.87. The molecule has 0 bridgehead atoms. The van der Waals surface area contributed by atoms with E-state index in [-0.39, 0.29) is 5.91 Å². The number of amides is 1. The molecule has 0 aliphatic heterocycles. The molecule has 1 amide bonds. The van der Waals surface area contributed by atoms with E-state index in [0.29, 0.717) is 5.02 Å². The van der Waals surface area contributed by atoms with Crippen LogP contribution in [0.2, 0.25) is 5.02 Å². The van der Waals surface area contributed by atoms with Gasteiger partial charge in [-0.25, -0.2) is 0 Å². The van der Waals surface area contributed by atoms with Crippen LogP contribution in [0.4, 0.5) is 5.69 Å². The zero-order valence-electron chi connectivity index (χ0n) is 10.6. The van der Waals surface area contributed by atoms with Crippen molar-refractivity contribution in [2.45, 2.75) is 6.92 Å². The Bertz CT molecular complexity index is 605. The summed E-state index contributed by atoms with van der Waals surface area (Å²) in [7, 11) is 0. The summed E-state index contributed by atoms with van der Waals surface area (Å²) >= 11 is 6.00. The van der Waals surface area contributed by atoms with Gasteiger partial charge in [0.05, 0.1) is 0 Å². The lowest BCUT2D eigenvalue weighted by Gasteiger charge is -2.07. The number of carbonyl (C=O) groups excluding carboxylic acids is 1. The zero-order valence-corrected chi connectivity index (χ0v) is 11.3. The average Bonchev–Trinajstić information content (AvgIpc) is 2.43. The van der Waals surface area contributed by atoms with Crippen molar-refractivity contribution in [2.75, 3.05) is 5.32 Å². The largest absolute Gasteiger partial charge is 0.322 e. The molecule has 0 fully saturated rings. The second-order valence-electron chi connectivity index (χ2n) is 4.15. The molecule has 1 N–H and O–H groups in total. The van der Waals surface area contributed by atoms with Crippen LogP contribution in [0.1, 0.15) is 11.1 Å². The molecule has 19 heavy (non-hydrogen) atoms. The van der Waals surface area contributed by atoms with Crippen LogP contribution in [0.3, 0.4) is 0 Å². The number of anilines is 1. The summed E-state index contributed by atoms with van der Waals surface area (Å²) in [4.78, 5) is 11.8. The SMILES string of the molecule is Cc1c(Cl)cccc1NC(=O)/C=C\c1ccccc1. The van der Waals surface area contributed by atoms with Gasteiger partial charge in [0.1, 0.15) is 0 Å². The summed E-state index contributed by atoms with van der Waals surface area (Å²) in [5.41, 5.74) is 2.58. The van der Waals surface area contributed by atoms with Crippen LogP contribution in [0.25, 0.3) is 6.08 Å². The molecule has 2 rings (SSSR count). The van der Waals surface area contributed by atoms with Gasteiger partial charge >= 0.3 is 0 Å². The van der Waals surface area contributed by atoms with E-state index in [2.05, 4.69) is 5.32 Å². The van der Waals surface area contributed by atoms with Gasteiger partial charge in [-0.05, 0) is 36.3 Å². The lowest BCUT2D eigenvalue weighted by atomic mass is 10.2. The maximum Gasteiger partial charge on any atom is 0.248 e. The molecule has 0 saturated heterocycles. The Hall–Kier alpha value is -2.06. The minimum atomic E-state index is -0.172. The molecule has 0 heterocycles. The normalized spacial score (nSPS) is 10.6. The topological polar surface area (TPSA) is 29.1 Å². The molecule has 0 unspecified atom stereocenters. The monoisotopic (exact) mass is 271 g/mol. The quantitative estimate of drug-likeness (QED) is 0.829. The number of halogens is 1. The van der Waals surface area contributed by atoms with E-state index >= 15 is 0 Å². The fraction of sp³-hybridized carbons (Fsp3) is 0.0625. The van der Waals surface area contributed by atoms with Crippen LogP contribution in [0.5, 0.6) is 0 Å². The first-order chi connectivity index (χ1) is 9.16. The number of hydrogen-bond acceptors (Lipinski definition) is 1. The maximum absolute atomic E-state index is 11.8. The van der Waals surface area contributed by atoms with E-state index < -0.39 is 0 Å². The fourth-order valence-electron chi connectivity index (χ4n) is 1.65. The van der Waals surface area contributed by atoms with Crippen LogP contribution in [0, 0.1) is 6.92 Å². The molecular formula is C16H14ClNO. The van der Waals surface area contributed by atoms with E-state index in [1.807, 2.05) is 49.4 Å². The molecule has 2 aromatic carbocycles. The highest BCUT2D eigenvalue weighted by molar-refractivity contribution is 6.31. The van der Waals surface area contributed by atoms with Crippen LogP contribution < -0.4 is 5.32 Å². The van der Waals surface area contributed by atoms with Gasteiger partial charge in [0.15, 0.2) is 0 Å². The molecular weight excluding hydrogens is 258 g/mol. The number of nitrogens with one attached hydrogen (secondary N) is 1. The van der Waals surface area contributed by atoms with Crippen LogP contribution in [-0.2, 0) is 4.79 Å². The van der Waals surface area contributed by atoms with Gasteiger partial charge in [0.2, 0.25) is 5.91 Å². The zero-order chi connectivity index (χ0) is 13.7. The number of benzene rings is 2. The van der Waals surface area contributed by atoms with Gasteiger partial charge < -0.3 is 5.32 Å². The minimum Gasteiger partial charge on any atom is -0.322 e. The Labute approximate surface area is 117 Å². The minimum absolute atomic E-state index is 0.172. The van der Waals surface area contributed by atoms with Gasteiger partial charge in [-0.1, -0.05) is 48.0 Å². The van der Waals surface area contributed by atoms with E-state index in [4.69, 9.17) is 11.6 Å². The molecule has 0 radical (unpaired) electrons. The van der Waals surface area contributed by atoms with Crippen LogP contribution in [0.15, 0.2) is 54.6 Å². The lowest BCUT2D eigenvalue weighted by molar-refractivity contribution is -0.111. The number of carbonyl (C=O) groups is 1. The predicted molar refractivity (Wildman–Crippen MR) is 80.3 cm³/mol. The van der Waals surface area contributed by atoms with Crippen molar-refractivity contribution in [2.24, 2.45) is 0 Å². The van der Waals surface area contributed by atoms with Crippen molar-refractivity contribution in [1.82, 2.24) is 0 Å². The van der Waals surface area contributed by atoms with E-state index in [9.17, 15) is 4.79 Å². The summed E-state index contributed by atoms with van der Waals surface area (Å²) in [6, 6.07) is 15.1. The molecule has 0 aromatic heterocycles. The molecule has 2 aromatic rings. The van der Waals surface area contributed by atoms with Crippen molar-refractivity contribution in [3.05, 3.63) is 70.8 Å². The Morgan fingerprint density at radius 3 is 2.58 bits per heavy atom. The Morgan fingerprint density at radius 2 is 1.84 bits per heavy atom. The molecule has 0 atom stereocenters. The van der Waals surface area contributed by atoms with E-state index in [0.717, 1.165) is 16.8 Å². The van der Waals surface area contributed by atoms with Crippen molar-refractivity contribution in [1.29, 1.82) is 0 Å². The summed E-state index contributed by atoms with van der Waals surface area (Å²) in [5.74, 6) is -0.172. The van der Waals surface area contributed by atoms with Crippen molar-refractivity contribution >= 4 is 29.3 Å². The summed E-state index contributed by atoms with van der Waals surface area (Å²) in [5, 5.41) is 3.45. The standard InChI is InChI=1S/C16H14ClNO/c1-12-14(17)8-5-9-15(12)18-16(19)11-10-13-6-3-2-4-7-13/h2-11H,1H3,(H,18,19)/b11-10-. The first-order valence-corrected chi connectivity index (χ1v) is 6.34. The van der Waals surface area contributed by atoms with Gasteiger partial charge in [-0.3, -0.25) is 4.79 Å². The van der Waals surface area contributed by atoms with Gasteiger partial charge in [0, 0.05) is 16.8 Å². The molecule has 0 aliphatic rings. The maximum atomic E-state index is 11.8. The predicted octanol–water partition coefficient (Wildman–Crippen LogP) is 4.30. The first kappa shape index (κ1) is 13.4. The highest BCUT2D eigenvalue weighted by Gasteiger charge is 2.03. The summed E-state index contributed by atoms with van der Waals surface area (Å²) < 4.78 is 0. The highest BCUT2D eigenvalue weighted by atomic mass is 35.5. The first-order valence-electron chi connectivity index (χ1n) is 5.96. The third-order valence-electron chi connectivity index (χ3n) is 2.75.